The number of amides is 1. The SMILES string of the molecule is NS(=O)(=O)CC1CC(=O)N(c2nc(-c3ccccc3)cc(=O)[nH]2)C1. The number of rotatable bonds is 4. The normalized spacial score (nSPS) is 18.1. The lowest BCUT2D eigenvalue weighted by Crippen LogP contribution is -2.30. The number of H-pyrrole nitrogens is 1. The van der Waals surface area contributed by atoms with Crippen LogP contribution in [-0.2, 0) is 14.8 Å². The van der Waals surface area contributed by atoms with Crippen molar-refractivity contribution in [2.75, 3.05) is 17.2 Å². The Morgan fingerprint density at radius 1 is 1.25 bits per heavy atom. The smallest absolute Gasteiger partial charge is 0.252 e. The van der Waals surface area contributed by atoms with Crippen molar-refractivity contribution >= 4 is 21.9 Å². The van der Waals surface area contributed by atoms with E-state index in [1.165, 1.54) is 11.0 Å². The maximum absolute atomic E-state index is 12.2. The lowest BCUT2D eigenvalue weighted by molar-refractivity contribution is -0.117. The first-order valence-corrected chi connectivity index (χ1v) is 9.01. The quantitative estimate of drug-likeness (QED) is 0.809. The Bertz CT molecular complexity index is 924. The third kappa shape index (κ3) is 3.69. The second-order valence-electron chi connectivity index (χ2n) is 5.72. The van der Waals surface area contributed by atoms with Crippen molar-refractivity contribution < 1.29 is 13.2 Å². The fourth-order valence-corrected chi connectivity index (χ4v) is 3.64. The van der Waals surface area contributed by atoms with Gasteiger partial charge in [-0.3, -0.25) is 19.5 Å². The van der Waals surface area contributed by atoms with Gasteiger partial charge >= 0.3 is 0 Å². The number of sulfonamides is 1. The molecule has 8 nitrogen and oxygen atoms in total. The minimum absolute atomic E-state index is 0.0513. The summed E-state index contributed by atoms with van der Waals surface area (Å²) in [6.45, 7) is 0.149. The zero-order valence-corrected chi connectivity index (χ0v) is 13.5. The van der Waals surface area contributed by atoms with Gasteiger partial charge in [-0.1, -0.05) is 30.3 Å². The monoisotopic (exact) mass is 348 g/mol. The van der Waals surface area contributed by atoms with Gasteiger partial charge in [-0.05, 0) is 0 Å². The first kappa shape index (κ1) is 16.3. The van der Waals surface area contributed by atoms with Crippen LogP contribution >= 0.6 is 0 Å². The molecule has 1 aromatic heterocycles. The Hall–Kier alpha value is -2.52. The molecule has 0 aliphatic carbocycles. The van der Waals surface area contributed by atoms with Crippen LogP contribution in [0.4, 0.5) is 5.95 Å². The molecule has 9 heteroatoms. The van der Waals surface area contributed by atoms with Crippen molar-refractivity contribution in [3.8, 4) is 11.3 Å². The van der Waals surface area contributed by atoms with Gasteiger partial charge in [0, 0.05) is 30.5 Å². The van der Waals surface area contributed by atoms with Crippen LogP contribution in [0.5, 0.6) is 0 Å². The van der Waals surface area contributed by atoms with Gasteiger partial charge in [-0.2, -0.15) is 0 Å². The molecule has 2 aromatic rings. The first-order valence-electron chi connectivity index (χ1n) is 7.29. The number of nitrogens with one attached hydrogen (secondary N) is 1. The van der Waals surface area contributed by atoms with Gasteiger partial charge in [0.1, 0.15) is 0 Å². The van der Waals surface area contributed by atoms with E-state index in [4.69, 9.17) is 5.14 Å². The minimum Gasteiger partial charge on any atom is -0.292 e. The Balaban J connectivity index is 1.91. The number of primary sulfonamides is 1. The van der Waals surface area contributed by atoms with Gasteiger partial charge in [0.15, 0.2) is 0 Å². The summed E-state index contributed by atoms with van der Waals surface area (Å²) >= 11 is 0. The van der Waals surface area contributed by atoms with Gasteiger partial charge in [-0.15, -0.1) is 0 Å². The average molecular weight is 348 g/mol. The lowest BCUT2D eigenvalue weighted by Gasteiger charge is -2.15. The first-order chi connectivity index (χ1) is 11.3. The van der Waals surface area contributed by atoms with Crippen LogP contribution in [0, 0.1) is 5.92 Å². The van der Waals surface area contributed by atoms with Crippen LogP contribution in [0.25, 0.3) is 11.3 Å². The second kappa shape index (κ2) is 6.17. The summed E-state index contributed by atoms with van der Waals surface area (Å²) in [4.78, 5) is 32.2. The highest BCUT2D eigenvalue weighted by molar-refractivity contribution is 7.89. The van der Waals surface area contributed by atoms with Crippen molar-refractivity contribution in [2.45, 2.75) is 6.42 Å². The molecule has 0 saturated carbocycles. The van der Waals surface area contributed by atoms with E-state index in [1.807, 2.05) is 18.2 Å². The van der Waals surface area contributed by atoms with Gasteiger partial charge in [0.25, 0.3) is 5.56 Å². The number of aromatic amines is 1. The predicted molar refractivity (Wildman–Crippen MR) is 88.7 cm³/mol. The van der Waals surface area contributed by atoms with E-state index in [2.05, 4.69) is 9.97 Å². The lowest BCUT2D eigenvalue weighted by atomic mass is 10.1. The summed E-state index contributed by atoms with van der Waals surface area (Å²) in [5.41, 5.74) is 0.802. The van der Waals surface area contributed by atoms with Crippen LogP contribution in [0.3, 0.4) is 0 Å². The largest absolute Gasteiger partial charge is 0.292 e. The number of carbonyl (C=O) groups is 1. The number of nitrogens with two attached hydrogens (primary N) is 1. The third-order valence-electron chi connectivity index (χ3n) is 3.73. The van der Waals surface area contributed by atoms with Crippen molar-refractivity contribution in [3.63, 3.8) is 0 Å². The fraction of sp³-hybridized carbons (Fsp3) is 0.267. The summed E-state index contributed by atoms with van der Waals surface area (Å²) in [7, 11) is -3.67. The van der Waals surface area contributed by atoms with E-state index in [1.54, 1.807) is 12.1 Å². The number of anilines is 1. The van der Waals surface area contributed by atoms with Crippen molar-refractivity contribution in [1.29, 1.82) is 0 Å². The van der Waals surface area contributed by atoms with E-state index in [0.29, 0.717) is 5.69 Å². The zero-order valence-electron chi connectivity index (χ0n) is 12.7. The summed E-state index contributed by atoms with van der Waals surface area (Å²) < 4.78 is 22.4. The minimum atomic E-state index is -3.67. The maximum Gasteiger partial charge on any atom is 0.252 e. The number of benzene rings is 1. The van der Waals surface area contributed by atoms with Gasteiger partial charge in [-0.25, -0.2) is 18.5 Å². The van der Waals surface area contributed by atoms with Crippen LogP contribution in [-0.4, -0.2) is 36.6 Å². The Morgan fingerprint density at radius 3 is 2.62 bits per heavy atom. The molecule has 1 aromatic carbocycles. The molecule has 126 valence electrons. The molecular formula is C15H16N4O4S. The number of nitrogens with zero attached hydrogens (tertiary/aromatic N) is 2. The molecule has 1 unspecified atom stereocenters. The van der Waals surface area contributed by atoms with Crippen LogP contribution in [0.1, 0.15) is 6.42 Å². The van der Waals surface area contributed by atoms with E-state index >= 15 is 0 Å². The number of hydrogen-bond donors (Lipinski definition) is 2. The second-order valence-corrected chi connectivity index (χ2v) is 7.38. The summed E-state index contributed by atoms with van der Waals surface area (Å²) in [6, 6.07) is 10.4. The Kier molecular flexibility index (Phi) is 4.20. The molecule has 1 aliphatic rings. The number of aromatic nitrogens is 2. The highest BCUT2D eigenvalue weighted by Crippen LogP contribution is 2.24. The zero-order chi connectivity index (χ0) is 17.3. The Labute approximate surface area is 138 Å². The average Bonchev–Trinajstić information content (AvgIpc) is 2.86. The summed E-state index contributed by atoms with van der Waals surface area (Å²) in [5, 5.41) is 5.04. The molecule has 0 bridgehead atoms. The van der Waals surface area contributed by atoms with E-state index < -0.39 is 15.9 Å². The molecule has 3 rings (SSSR count). The highest BCUT2D eigenvalue weighted by atomic mass is 32.2. The molecule has 0 radical (unpaired) electrons. The summed E-state index contributed by atoms with van der Waals surface area (Å²) in [6.07, 6.45) is 0.0513. The molecule has 2 heterocycles. The van der Waals surface area contributed by atoms with Crippen LogP contribution in [0.2, 0.25) is 0 Å². The molecule has 24 heavy (non-hydrogen) atoms. The fourth-order valence-electron chi connectivity index (χ4n) is 2.76. The molecule has 1 saturated heterocycles. The molecule has 0 spiro atoms. The predicted octanol–water partition coefficient (Wildman–Crippen LogP) is 0.0783. The molecular weight excluding hydrogens is 332 g/mol. The van der Waals surface area contributed by atoms with E-state index in [-0.39, 0.29) is 36.1 Å². The van der Waals surface area contributed by atoms with E-state index in [0.717, 1.165) is 5.56 Å². The third-order valence-corrected chi connectivity index (χ3v) is 4.66. The maximum atomic E-state index is 12.2. The topological polar surface area (TPSA) is 126 Å². The summed E-state index contributed by atoms with van der Waals surface area (Å²) in [5.74, 6) is -0.879. The van der Waals surface area contributed by atoms with Crippen molar-refractivity contribution in [3.05, 3.63) is 46.8 Å². The molecule has 1 amide bonds. The van der Waals surface area contributed by atoms with Gasteiger partial charge < -0.3 is 0 Å². The molecule has 1 atom stereocenters. The molecule has 1 fully saturated rings. The van der Waals surface area contributed by atoms with Gasteiger partial charge in [0.05, 0.1) is 11.4 Å². The van der Waals surface area contributed by atoms with E-state index in [9.17, 15) is 18.0 Å². The van der Waals surface area contributed by atoms with Crippen LogP contribution in [0.15, 0.2) is 41.2 Å². The number of carbonyl (C=O) groups excluding carboxylic acids is 1. The molecule has 3 N–H and O–H groups in total. The Morgan fingerprint density at radius 2 is 1.96 bits per heavy atom. The van der Waals surface area contributed by atoms with Gasteiger partial charge in [0.2, 0.25) is 21.9 Å². The van der Waals surface area contributed by atoms with Crippen LogP contribution < -0.4 is 15.6 Å². The molecule has 1 aliphatic heterocycles. The van der Waals surface area contributed by atoms with Crippen molar-refractivity contribution in [1.82, 2.24) is 9.97 Å². The number of hydrogen-bond acceptors (Lipinski definition) is 5. The standard InChI is InChI=1S/C15H16N4O4S/c16-24(22,23)9-10-6-14(21)19(8-10)15-17-12(7-13(20)18-15)11-4-2-1-3-5-11/h1-5,7,10H,6,8-9H2,(H2,16,22,23)(H,17,18,20). The highest BCUT2D eigenvalue weighted by Gasteiger charge is 2.34. The van der Waals surface area contributed by atoms with Crippen molar-refractivity contribution in [2.24, 2.45) is 11.1 Å².